The third-order valence-electron chi connectivity index (χ3n) is 7.59. The summed E-state index contributed by atoms with van der Waals surface area (Å²) in [5.74, 6) is 0.443. The summed E-state index contributed by atoms with van der Waals surface area (Å²) < 4.78 is 31.9. The summed E-state index contributed by atoms with van der Waals surface area (Å²) >= 11 is 0. The Balaban J connectivity index is 1.45. The lowest BCUT2D eigenvalue weighted by Crippen LogP contribution is -2.53. The van der Waals surface area contributed by atoms with Gasteiger partial charge in [0.1, 0.15) is 5.75 Å². The Hall–Kier alpha value is -2.95. The van der Waals surface area contributed by atoms with Crippen LogP contribution in [0.4, 0.5) is 5.69 Å². The molecule has 1 saturated carbocycles. The predicted octanol–water partition coefficient (Wildman–Crippen LogP) is 2.94. The summed E-state index contributed by atoms with van der Waals surface area (Å²) in [7, 11) is 3.82. The number of rotatable bonds is 8. The van der Waals surface area contributed by atoms with Crippen LogP contribution in [-0.2, 0) is 15.6 Å². The Kier molecular flexibility index (Phi) is 6.53. The Morgan fingerprint density at radius 1 is 1.27 bits per heavy atom. The van der Waals surface area contributed by atoms with Crippen LogP contribution in [0.5, 0.6) is 5.75 Å². The highest BCUT2D eigenvalue weighted by Gasteiger charge is 2.47. The first-order valence-electron chi connectivity index (χ1n) is 12.3. The Bertz CT molecular complexity index is 1470. The van der Waals surface area contributed by atoms with Crippen LogP contribution in [0.3, 0.4) is 0 Å². The molecule has 0 spiro atoms. The zero-order valence-electron chi connectivity index (χ0n) is 21.5. The second kappa shape index (κ2) is 9.41. The molecule has 2 aliphatic rings. The van der Waals surface area contributed by atoms with E-state index < -0.39 is 15.6 Å². The van der Waals surface area contributed by atoms with Crippen molar-refractivity contribution in [3.8, 4) is 5.75 Å². The van der Waals surface area contributed by atoms with Crippen molar-refractivity contribution in [1.82, 2.24) is 15.2 Å². The lowest BCUT2D eigenvalue weighted by atomic mass is 9.97. The number of carbonyl (C=O) groups is 1. The molecule has 1 aliphatic carbocycles. The molecule has 0 bridgehead atoms. The van der Waals surface area contributed by atoms with Crippen LogP contribution in [0.15, 0.2) is 48.7 Å². The second-order valence-corrected chi connectivity index (χ2v) is 12.8. The SMILES string of the molecule is Cc1ccc(O[C@@H]([Si])[C@@H]2CCN2C)cc1C(=O)NC1(c2cc(N(C)S(C)(=O)=O)cc3ncccc23)CC1. The number of sulfonamides is 1. The molecule has 2 fully saturated rings. The molecule has 5 rings (SSSR count). The van der Waals surface area contributed by atoms with Gasteiger partial charge in [0, 0.05) is 30.2 Å². The maximum atomic E-state index is 13.6. The molecule has 8 nitrogen and oxygen atoms in total. The number of nitrogens with zero attached hydrogens (tertiary/aromatic N) is 3. The average molecular weight is 536 g/mol. The number of benzene rings is 2. The van der Waals surface area contributed by atoms with Gasteiger partial charge >= 0.3 is 0 Å². The van der Waals surface area contributed by atoms with Crippen molar-refractivity contribution in [2.75, 3.05) is 31.2 Å². The molecule has 1 aromatic heterocycles. The first kappa shape index (κ1) is 25.7. The maximum Gasteiger partial charge on any atom is 0.252 e. The normalized spacial score (nSPS) is 19.6. The van der Waals surface area contributed by atoms with E-state index in [1.165, 1.54) is 17.6 Å². The van der Waals surface area contributed by atoms with E-state index in [1.54, 1.807) is 18.3 Å². The van der Waals surface area contributed by atoms with Crippen molar-refractivity contribution < 1.29 is 17.9 Å². The van der Waals surface area contributed by atoms with Crippen LogP contribution < -0.4 is 14.4 Å². The standard InChI is InChI=1S/C27H31N4O4SSi/c1-17-7-8-19(35-26(37)24-9-13-30(24)2)16-21(17)25(32)29-27(10-11-27)22-14-18(31(3)36(4,33)34)15-23-20(22)6-5-12-28-23/h5-8,12,14-16,24,26H,9-11,13H2,1-4H3,(H,29,32)/t24-,26-/m0/s1. The molecule has 3 aromatic rings. The lowest BCUT2D eigenvalue weighted by molar-refractivity contribution is 0.0562. The fourth-order valence-electron chi connectivity index (χ4n) is 4.87. The van der Waals surface area contributed by atoms with E-state index in [1.807, 2.05) is 37.3 Å². The number of fused-ring (bicyclic) bond motifs is 1. The molecule has 0 unspecified atom stereocenters. The Morgan fingerprint density at radius 2 is 2.03 bits per heavy atom. The monoisotopic (exact) mass is 535 g/mol. The zero-order valence-corrected chi connectivity index (χ0v) is 23.3. The summed E-state index contributed by atoms with van der Waals surface area (Å²) in [4.78, 5) is 20.3. The summed E-state index contributed by atoms with van der Waals surface area (Å²) in [6.07, 6.45) is 5.41. The van der Waals surface area contributed by atoms with Crippen molar-refractivity contribution in [1.29, 1.82) is 0 Å². The largest absolute Gasteiger partial charge is 0.493 e. The van der Waals surface area contributed by atoms with Crippen molar-refractivity contribution in [2.45, 2.75) is 43.5 Å². The fourth-order valence-corrected chi connectivity index (χ4v) is 5.92. The molecule has 1 amide bonds. The highest BCUT2D eigenvalue weighted by molar-refractivity contribution is 7.92. The van der Waals surface area contributed by atoms with Crippen LogP contribution in [0.2, 0.25) is 0 Å². The smallest absolute Gasteiger partial charge is 0.252 e. The number of hydrogen-bond acceptors (Lipinski definition) is 6. The van der Waals surface area contributed by atoms with Gasteiger partial charge in [-0.1, -0.05) is 12.1 Å². The third kappa shape index (κ3) is 4.97. The molecular formula is C27H31N4O4SSi. The molecule has 193 valence electrons. The van der Waals surface area contributed by atoms with E-state index in [4.69, 9.17) is 4.74 Å². The molecule has 1 aliphatic heterocycles. The third-order valence-corrected chi connectivity index (χ3v) is 9.30. The average Bonchev–Trinajstić information content (AvgIpc) is 3.62. The van der Waals surface area contributed by atoms with Crippen molar-refractivity contribution in [2.24, 2.45) is 0 Å². The summed E-state index contributed by atoms with van der Waals surface area (Å²) in [6.45, 7) is 2.95. The number of likely N-dealkylation sites (N-methyl/N-ethyl adjacent to an activating group) is 1. The molecule has 2 atom stereocenters. The van der Waals surface area contributed by atoms with Gasteiger partial charge in [-0.25, -0.2) is 8.42 Å². The summed E-state index contributed by atoms with van der Waals surface area (Å²) in [6, 6.07) is 13.3. The number of pyridine rings is 1. The van der Waals surface area contributed by atoms with Crippen LogP contribution in [0, 0.1) is 6.92 Å². The number of aryl methyl sites for hydroxylation is 1. The van der Waals surface area contributed by atoms with Crippen LogP contribution in [0.1, 0.15) is 40.7 Å². The van der Waals surface area contributed by atoms with Gasteiger partial charge in [-0.05, 0) is 81.2 Å². The number of hydrogen-bond donors (Lipinski definition) is 1. The first-order chi connectivity index (χ1) is 17.5. The number of aromatic nitrogens is 1. The van der Waals surface area contributed by atoms with Crippen molar-refractivity contribution >= 4 is 42.8 Å². The number of carbonyl (C=O) groups excluding carboxylic acids is 1. The lowest BCUT2D eigenvalue weighted by Gasteiger charge is -2.41. The number of anilines is 1. The summed E-state index contributed by atoms with van der Waals surface area (Å²) in [5.41, 5.74) is 2.71. The Morgan fingerprint density at radius 3 is 2.65 bits per heavy atom. The van der Waals surface area contributed by atoms with Crippen molar-refractivity contribution in [3.63, 3.8) is 0 Å². The zero-order chi connectivity index (χ0) is 26.5. The number of ether oxygens (including phenoxy) is 1. The molecular weight excluding hydrogens is 504 g/mol. The molecule has 3 radical (unpaired) electrons. The van der Waals surface area contributed by atoms with E-state index in [2.05, 4.69) is 32.5 Å². The van der Waals surface area contributed by atoms with Gasteiger partial charge in [0.05, 0.1) is 39.0 Å². The van der Waals surface area contributed by atoms with E-state index in [0.29, 0.717) is 28.6 Å². The first-order valence-corrected chi connectivity index (χ1v) is 14.8. The highest BCUT2D eigenvalue weighted by atomic mass is 32.2. The molecule has 10 heteroatoms. The van der Waals surface area contributed by atoms with Gasteiger partial charge in [-0.2, -0.15) is 0 Å². The molecule has 2 heterocycles. The maximum absolute atomic E-state index is 13.6. The number of likely N-dealkylation sites (tertiary alicyclic amines) is 1. The van der Waals surface area contributed by atoms with E-state index in [-0.39, 0.29) is 11.6 Å². The number of amides is 1. The van der Waals surface area contributed by atoms with Gasteiger partial charge in [0.15, 0.2) is 0 Å². The van der Waals surface area contributed by atoms with Crippen LogP contribution in [0.25, 0.3) is 10.9 Å². The molecule has 37 heavy (non-hydrogen) atoms. The fraction of sp³-hybridized carbons (Fsp3) is 0.407. The predicted molar refractivity (Wildman–Crippen MR) is 146 cm³/mol. The van der Waals surface area contributed by atoms with Gasteiger partial charge < -0.3 is 15.0 Å². The molecule has 1 N–H and O–H groups in total. The summed E-state index contributed by atoms with van der Waals surface area (Å²) in [5, 5.41) is 4.15. The van der Waals surface area contributed by atoms with Gasteiger partial charge in [0.2, 0.25) is 10.0 Å². The van der Waals surface area contributed by atoms with E-state index >= 15 is 0 Å². The van der Waals surface area contributed by atoms with E-state index in [9.17, 15) is 13.2 Å². The topological polar surface area (TPSA) is 91.8 Å². The van der Waals surface area contributed by atoms with Crippen LogP contribution >= 0.6 is 0 Å². The molecule has 2 aromatic carbocycles. The van der Waals surface area contributed by atoms with Crippen molar-refractivity contribution in [3.05, 3.63) is 65.4 Å². The second-order valence-electron chi connectivity index (χ2n) is 10.2. The highest BCUT2D eigenvalue weighted by Crippen LogP contribution is 2.49. The number of nitrogens with one attached hydrogen (secondary N) is 1. The minimum absolute atomic E-state index is 0.166. The van der Waals surface area contributed by atoms with E-state index in [0.717, 1.165) is 42.3 Å². The van der Waals surface area contributed by atoms with Gasteiger partial charge in [-0.15, -0.1) is 0 Å². The van der Waals surface area contributed by atoms with Crippen LogP contribution in [-0.4, -0.2) is 73.1 Å². The van der Waals surface area contributed by atoms with Gasteiger partial charge in [0.25, 0.3) is 5.91 Å². The minimum atomic E-state index is -3.46. The molecule has 1 saturated heterocycles. The van der Waals surface area contributed by atoms with Gasteiger partial charge in [-0.3, -0.25) is 14.1 Å². The Labute approximate surface area is 221 Å². The minimum Gasteiger partial charge on any atom is -0.493 e. The quantitative estimate of drug-likeness (QED) is 0.446.